The zero-order valence-corrected chi connectivity index (χ0v) is 16.0. The molecule has 0 aliphatic rings. The van der Waals surface area contributed by atoms with Crippen LogP contribution in [0.25, 0.3) is 5.69 Å². The normalized spacial score (nSPS) is 10.5. The van der Waals surface area contributed by atoms with Crippen molar-refractivity contribution in [1.82, 2.24) is 9.78 Å². The van der Waals surface area contributed by atoms with Gasteiger partial charge < -0.3 is 9.47 Å². The summed E-state index contributed by atoms with van der Waals surface area (Å²) in [6.07, 6.45) is 0. The second-order valence-corrected chi connectivity index (χ2v) is 6.77. The van der Waals surface area contributed by atoms with Crippen molar-refractivity contribution in [3.63, 3.8) is 0 Å². The van der Waals surface area contributed by atoms with Crippen LogP contribution in [-0.4, -0.2) is 34.4 Å². The van der Waals surface area contributed by atoms with Gasteiger partial charge in [0.1, 0.15) is 0 Å². The smallest absolute Gasteiger partial charge is 0.343 e. The molecule has 9 heteroatoms. The largest absolute Gasteiger partial charge is 0.466 e. The minimum Gasteiger partial charge on any atom is -0.466 e. The topological polar surface area (TPSA) is 96.5 Å². The maximum atomic E-state index is 11.6. The monoisotopic (exact) mass is 399 g/mol. The highest BCUT2D eigenvalue weighted by atomic mass is 32.2. The van der Waals surface area contributed by atoms with Crippen LogP contribution in [0.15, 0.2) is 64.4 Å². The van der Waals surface area contributed by atoms with E-state index >= 15 is 0 Å². The van der Waals surface area contributed by atoms with Crippen LogP contribution < -0.4 is 4.74 Å². The van der Waals surface area contributed by atoms with E-state index in [4.69, 9.17) is 4.74 Å². The molecule has 8 nitrogen and oxygen atoms in total. The Labute approximate surface area is 165 Å². The van der Waals surface area contributed by atoms with Gasteiger partial charge in [-0.1, -0.05) is 30.0 Å². The first kappa shape index (κ1) is 19.4. The second-order valence-electron chi connectivity index (χ2n) is 5.68. The zero-order chi connectivity index (χ0) is 20.1. The number of carbonyl (C=O) groups excluding carboxylic acids is 1. The summed E-state index contributed by atoms with van der Waals surface area (Å²) in [7, 11) is 1.29. The number of non-ortho nitro benzene ring substituents is 1. The minimum atomic E-state index is -0.509. The van der Waals surface area contributed by atoms with E-state index in [9.17, 15) is 14.9 Å². The Balaban J connectivity index is 1.97. The number of esters is 1. The summed E-state index contributed by atoms with van der Waals surface area (Å²) in [5.74, 6) is -0.109. The van der Waals surface area contributed by atoms with Crippen molar-refractivity contribution < 1.29 is 19.2 Å². The summed E-state index contributed by atoms with van der Waals surface area (Å²) in [4.78, 5) is 23.4. The third-order valence-corrected chi connectivity index (χ3v) is 4.97. The first-order valence-electron chi connectivity index (χ1n) is 8.26. The predicted octanol–water partition coefficient (Wildman–Crippen LogP) is 3.79. The predicted molar refractivity (Wildman–Crippen MR) is 103 cm³/mol. The molecule has 0 saturated heterocycles. The van der Waals surface area contributed by atoms with E-state index in [1.54, 1.807) is 16.8 Å². The van der Waals surface area contributed by atoms with Crippen LogP contribution in [0.4, 0.5) is 5.69 Å². The number of ether oxygens (including phenoxy) is 2. The fraction of sp³-hybridized carbons (Fsp3) is 0.158. The maximum Gasteiger partial charge on any atom is 0.343 e. The quantitative estimate of drug-likeness (QED) is 0.339. The Morgan fingerprint density at radius 1 is 1.18 bits per heavy atom. The third kappa shape index (κ3) is 4.32. The van der Waals surface area contributed by atoms with Crippen LogP contribution in [0.3, 0.4) is 0 Å². The Hall–Kier alpha value is -3.33. The lowest BCUT2D eigenvalue weighted by Crippen LogP contribution is -2.14. The van der Waals surface area contributed by atoms with Gasteiger partial charge in [-0.25, -0.2) is 4.79 Å². The number of aromatic nitrogens is 2. The molecule has 1 aromatic heterocycles. The van der Waals surface area contributed by atoms with Crippen molar-refractivity contribution in [3.8, 4) is 11.6 Å². The van der Waals surface area contributed by atoms with Gasteiger partial charge in [0.15, 0.2) is 6.61 Å². The Morgan fingerprint density at radius 3 is 2.46 bits per heavy atom. The average molecular weight is 399 g/mol. The van der Waals surface area contributed by atoms with Crippen molar-refractivity contribution >= 4 is 23.4 Å². The van der Waals surface area contributed by atoms with Crippen molar-refractivity contribution in [2.75, 3.05) is 13.7 Å². The number of para-hydroxylation sites is 1. The van der Waals surface area contributed by atoms with Crippen molar-refractivity contribution in [1.29, 1.82) is 0 Å². The molecule has 144 valence electrons. The Morgan fingerprint density at radius 2 is 1.86 bits per heavy atom. The molecule has 0 unspecified atom stereocenters. The average Bonchev–Trinajstić information content (AvgIpc) is 3.02. The first-order valence-corrected chi connectivity index (χ1v) is 9.08. The molecule has 3 aromatic rings. The lowest BCUT2D eigenvalue weighted by Gasteiger charge is -2.10. The number of nitro benzene ring substituents is 1. The van der Waals surface area contributed by atoms with Crippen molar-refractivity contribution in [2.45, 2.75) is 16.7 Å². The number of hydrogen-bond acceptors (Lipinski definition) is 7. The van der Waals surface area contributed by atoms with Crippen LogP contribution in [0, 0.1) is 17.0 Å². The number of carbonyl (C=O) groups is 1. The van der Waals surface area contributed by atoms with Gasteiger partial charge in [0.05, 0.1) is 28.3 Å². The maximum absolute atomic E-state index is 11.6. The van der Waals surface area contributed by atoms with E-state index in [2.05, 4.69) is 9.84 Å². The Kier molecular flexibility index (Phi) is 5.95. The molecule has 0 N–H and O–H groups in total. The molecule has 3 rings (SSSR count). The molecule has 0 fully saturated rings. The number of rotatable bonds is 7. The first-order chi connectivity index (χ1) is 13.5. The van der Waals surface area contributed by atoms with Gasteiger partial charge in [-0.05, 0) is 31.2 Å². The van der Waals surface area contributed by atoms with Gasteiger partial charge in [0.25, 0.3) is 5.69 Å². The highest BCUT2D eigenvalue weighted by Gasteiger charge is 2.21. The molecule has 0 spiro atoms. The van der Waals surface area contributed by atoms with Crippen LogP contribution >= 0.6 is 11.8 Å². The molecule has 1 heterocycles. The van der Waals surface area contributed by atoms with E-state index in [1.807, 2.05) is 37.3 Å². The zero-order valence-electron chi connectivity index (χ0n) is 15.2. The van der Waals surface area contributed by atoms with Gasteiger partial charge in [0, 0.05) is 17.0 Å². The third-order valence-electron chi connectivity index (χ3n) is 3.79. The highest BCUT2D eigenvalue weighted by Crippen LogP contribution is 2.39. The van der Waals surface area contributed by atoms with Crippen LogP contribution in [0.1, 0.15) is 5.69 Å². The van der Waals surface area contributed by atoms with Crippen LogP contribution in [-0.2, 0) is 9.53 Å². The summed E-state index contributed by atoms with van der Waals surface area (Å²) in [6.45, 7) is 1.57. The summed E-state index contributed by atoms with van der Waals surface area (Å²) in [5, 5.41) is 15.4. The number of nitrogens with zero attached hydrogens (tertiary/aromatic N) is 3. The molecular weight excluding hydrogens is 382 g/mol. The van der Waals surface area contributed by atoms with Crippen molar-refractivity contribution in [3.05, 3.63) is 70.4 Å². The number of benzene rings is 2. The van der Waals surface area contributed by atoms with E-state index in [-0.39, 0.29) is 12.3 Å². The van der Waals surface area contributed by atoms with Gasteiger partial charge in [0.2, 0.25) is 5.88 Å². The summed E-state index contributed by atoms with van der Waals surface area (Å²) >= 11 is 1.35. The standard InChI is InChI=1S/C19H17N3O5S/c1-13-18(28-16-10-8-15(9-11-16)22(24)25)19(27-12-17(23)26-2)21(20-13)14-6-4-3-5-7-14/h3-11H,12H2,1-2H3. The number of nitro groups is 1. The fourth-order valence-corrected chi connectivity index (χ4v) is 3.35. The van der Waals surface area contributed by atoms with Gasteiger partial charge in [-0.15, -0.1) is 0 Å². The lowest BCUT2D eigenvalue weighted by molar-refractivity contribution is -0.384. The molecule has 0 bridgehead atoms. The van der Waals surface area contributed by atoms with Crippen molar-refractivity contribution in [2.24, 2.45) is 0 Å². The summed E-state index contributed by atoms with van der Waals surface area (Å²) in [6, 6.07) is 15.6. The number of aryl methyl sites for hydroxylation is 1. The lowest BCUT2D eigenvalue weighted by atomic mass is 10.3. The summed E-state index contributed by atoms with van der Waals surface area (Å²) < 4.78 is 12.0. The SMILES string of the molecule is COC(=O)COc1c(Sc2ccc([N+](=O)[O-])cc2)c(C)nn1-c1ccccc1. The van der Waals surface area contributed by atoms with Gasteiger partial charge in [-0.3, -0.25) is 10.1 Å². The summed E-state index contributed by atoms with van der Waals surface area (Å²) in [5.41, 5.74) is 1.50. The highest BCUT2D eigenvalue weighted by molar-refractivity contribution is 7.99. The number of methoxy groups -OCH3 is 1. The molecule has 0 aliphatic carbocycles. The van der Waals surface area contributed by atoms with Crippen LogP contribution in [0.2, 0.25) is 0 Å². The molecule has 0 radical (unpaired) electrons. The fourth-order valence-electron chi connectivity index (χ4n) is 2.42. The molecule has 28 heavy (non-hydrogen) atoms. The van der Waals surface area contributed by atoms with E-state index in [0.29, 0.717) is 16.5 Å². The van der Waals surface area contributed by atoms with Gasteiger partial charge >= 0.3 is 5.97 Å². The van der Waals surface area contributed by atoms with Gasteiger partial charge in [-0.2, -0.15) is 9.78 Å². The molecule has 0 amide bonds. The second kappa shape index (κ2) is 8.57. The van der Waals surface area contributed by atoms with E-state index < -0.39 is 10.9 Å². The molecule has 0 saturated carbocycles. The van der Waals surface area contributed by atoms with E-state index in [1.165, 1.54) is 31.0 Å². The molecule has 0 atom stereocenters. The number of hydrogen-bond donors (Lipinski definition) is 0. The van der Waals surface area contributed by atoms with E-state index in [0.717, 1.165) is 10.6 Å². The molecule has 0 aliphatic heterocycles. The van der Waals surface area contributed by atoms with Crippen LogP contribution in [0.5, 0.6) is 5.88 Å². The Bertz CT molecular complexity index is 987. The molecule has 2 aromatic carbocycles. The molecular formula is C19H17N3O5S. The minimum absolute atomic E-state index is 0.0169.